The Morgan fingerprint density at radius 3 is 2.60 bits per heavy atom. The molecule has 0 saturated carbocycles. The number of hydrogen-bond acceptors (Lipinski definition) is 1. The molecule has 0 atom stereocenters. The predicted octanol–water partition coefficient (Wildman–Crippen LogP) is 1.91. The molecular formula is C12H16N3+. The molecular weight excluding hydrogens is 186 g/mol. The molecule has 15 heavy (non-hydrogen) atoms. The van der Waals surface area contributed by atoms with Crippen molar-refractivity contribution in [3.63, 3.8) is 0 Å². The second-order valence-corrected chi connectivity index (χ2v) is 4.59. The molecule has 0 N–H and O–H groups in total. The quantitative estimate of drug-likeness (QED) is 0.647. The molecule has 0 radical (unpaired) electrons. The Morgan fingerprint density at radius 1 is 1.27 bits per heavy atom. The van der Waals surface area contributed by atoms with E-state index in [1.807, 2.05) is 29.0 Å². The zero-order chi connectivity index (χ0) is 10.9. The fourth-order valence-corrected chi connectivity index (χ4v) is 1.39. The van der Waals surface area contributed by atoms with Crippen LogP contribution in [0.4, 0.5) is 0 Å². The maximum Gasteiger partial charge on any atom is 0.250 e. The second kappa shape index (κ2) is 3.50. The van der Waals surface area contributed by atoms with Crippen molar-refractivity contribution < 1.29 is 4.57 Å². The Kier molecular flexibility index (Phi) is 2.31. The van der Waals surface area contributed by atoms with Gasteiger partial charge in [0.1, 0.15) is 17.9 Å². The van der Waals surface area contributed by atoms with Gasteiger partial charge in [0.05, 0.1) is 0 Å². The van der Waals surface area contributed by atoms with Crippen LogP contribution in [0.25, 0.3) is 5.82 Å². The highest BCUT2D eigenvalue weighted by molar-refractivity contribution is 5.19. The first-order chi connectivity index (χ1) is 7.07. The molecule has 2 heterocycles. The molecule has 0 aliphatic rings. The Morgan fingerprint density at radius 2 is 2.07 bits per heavy atom. The largest absolute Gasteiger partial charge is 0.250 e. The molecule has 0 bridgehead atoms. The van der Waals surface area contributed by atoms with E-state index in [1.165, 1.54) is 0 Å². The number of imidazole rings is 1. The summed E-state index contributed by atoms with van der Waals surface area (Å²) in [6.45, 7) is 6.53. The summed E-state index contributed by atoms with van der Waals surface area (Å²) >= 11 is 0. The molecule has 0 aliphatic heterocycles. The maximum atomic E-state index is 4.29. The third kappa shape index (κ3) is 2.06. The van der Waals surface area contributed by atoms with Gasteiger partial charge in [-0.1, -0.05) is 6.07 Å². The summed E-state index contributed by atoms with van der Waals surface area (Å²) in [6.07, 6.45) is 7.95. The van der Waals surface area contributed by atoms with Gasteiger partial charge >= 0.3 is 0 Å². The summed E-state index contributed by atoms with van der Waals surface area (Å²) < 4.78 is 4.19. The molecule has 0 aliphatic carbocycles. The van der Waals surface area contributed by atoms with E-state index in [2.05, 4.69) is 42.8 Å². The summed E-state index contributed by atoms with van der Waals surface area (Å²) in [5.74, 6) is 0.945. The number of nitrogens with zero attached hydrogens (tertiary/aromatic N) is 3. The van der Waals surface area contributed by atoms with Crippen LogP contribution in [0, 0.1) is 0 Å². The van der Waals surface area contributed by atoms with Crippen molar-refractivity contribution in [2.45, 2.75) is 26.3 Å². The number of hydrogen-bond donors (Lipinski definition) is 0. The van der Waals surface area contributed by atoms with Crippen molar-refractivity contribution in [3.8, 4) is 5.82 Å². The fraction of sp³-hybridized carbons (Fsp3) is 0.333. The van der Waals surface area contributed by atoms with Gasteiger partial charge in [0, 0.05) is 12.3 Å². The lowest BCUT2D eigenvalue weighted by Crippen LogP contribution is -2.48. The van der Waals surface area contributed by atoms with Crippen molar-refractivity contribution >= 4 is 0 Å². The molecule has 0 spiro atoms. The van der Waals surface area contributed by atoms with Gasteiger partial charge in [-0.15, -0.1) is 0 Å². The van der Waals surface area contributed by atoms with Crippen molar-refractivity contribution in [1.82, 2.24) is 9.55 Å². The maximum absolute atomic E-state index is 4.29. The predicted molar refractivity (Wildman–Crippen MR) is 58.8 cm³/mol. The minimum atomic E-state index is 0.111. The first-order valence-corrected chi connectivity index (χ1v) is 5.08. The van der Waals surface area contributed by atoms with Crippen LogP contribution < -0.4 is 4.57 Å². The van der Waals surface area contributed by atoms with E-state index in [0.717, 1.165) is 5.82 Å². The lowest BCUT2D eigenvalue weighted by atomic mass is 10.1. The molecule has 0 fully saturated rings. The van der Waals surface area contributed by atoms with Crippen LogP contribution in [0.3, 0.4) is 0 Å². The smallest absolute Gasteiger partial charge is 0.232 e. The average Bonchev–Trinajstić information content (AvgIpc) is 2.67. The summed E-state index contributed by atoms with van der Waals surface area (Å²) in [5, 5.41) is 0. The second-order valence-electron chi connectivity index (χ2n) is 4.59. The van der Waals surface area contributed by atoms with Crippen molar-refractivity contribution in [2.24, 2.45) is 0 Å². The summed E-state index contributed by atoms with van der Waals surface area (Å²) in [7, 11) is 0. The van der Waals surface area contributed by atoms with E-state index in [1.54, 1.807) is 6.20 Å². The van der Waals surface area contributed by atoms with E-state index in [-0.39, 0.29) is 5.54 Å². The summed E-state index contributed by atoms with van der Waals surface area (Å²) in [5.41, 5.74) is 0.111. The summed E-state index contributed by atoms with van der Waals surface area (Å²) in [6, 6.07) is 5.90. The number of aromatic nitrogens is 3. The van der Waals surface area contributed by atoms with E-state index in [9.17, 15) is 0 Å². The Hall–Kier alpha value is -1.64. The van der Waals surface area contributed by atoms with Gasteiger partial charge < -0.3 is 0 Å². The van der Waals surface area contributed by atoms with Crippen molar-refractivity contribution in [3.05, 3.63) is 43.1 Å². The molecule has 0 saturated heterocycles. The van der Waals surface area contributed by atoms with E-state index < -0.39 is 0 Å². The lowest BCUT2D eigenvalue weighted by Gasteiger charge is -2.13. The molecule has 3 heteroatoms. The third-order valence-corrected chi connectivity index (χ3v) is 2.33. The van der Waals surface area contributed by atoms with Crippen molar-refractivity contribution in [1.29, 1.82) is 0 Å². The summed E-state index contributed by atoms with van der Waals surface area (Å²) in [4.78, 5) is 4.29. The monoisotopic (exact) mass is 202 g/mol. The first-order valence-electron chi connectivity index (χ1n) is 5.08. The molecule has 0 aromatic carbocycles. The highest BCUT2D eigenvalue weighted by Crippen LogP contribution is 2.06. The van der Waals surface area contributed by atoms with E-state index in [4.69, 9.17) is 0 Å². The zero-order valence-corrected chi connectivity index (χ0v) is 9.38. The standard InChI is InChI=1S/C12H16N3/c1-12(2,3)15-9-8-14(10-15)11-6-4-5-7-13-11/h4-10H,1-3H3/q+1. The van der Waals surface area contributed by atoms with Gasteiger partial charge in [0.25, 0.3) is 6.33 Å². The highest BCUT2D eigenvalue weighted by atomic mass is 15.2. The Balaban J connectivity index is 2.37. The van der Waals surface area contributed by atoms with E-state index >= 15 is 0 Å². The van der Waals surface area contributed by atoms with Crippen LogP contribution in [-0.2, 0) is 5.54 Å². The molecule has 2 rings (SSSR count). The van der Waals surface area contributed by atoms with E-state index in [0.29, 0.717) is 0 Å². The molecule has 3 nitrogen and oxygen atoms in total. The number of rotatable bonds is 1. The van der Waals surface area contributed by atoms with Gasteiger partial charge in [0.2, 0.25) is 5.82 Å². The van der Waals surface area contributed by atoms with Crippen LogP contribution >= 0.6 is 0 Å². The number of pyridine rings is 1. The highest BCUT2D eigenvalue weighted by Gasteiger charge is 2.19. The van der Waals surface area contributed by atoms with Crippen LogP contribution in [0.1, 0.15) is 20.8 Å². The van der Waals surface area contributed by atoms with Gasteiger partial charge in [-0.3, -0.25) is 0 Å². The molecule has 0 amide bonds. The van der Waals surface area contributed by atoms with Crippen LogP contribution in [-0.4, -0.2) is 9.55 Å². The third-order valence-electron chi connectivity index (χ3n) is 2.33. The zero-order valence-electron chi connectivity index (χ0n) is 9.38. The van der Waals surface area contributed by atoms with Gasteiger partial charge in [-0.05, 0) is 26.8 Å². The van der Waals surface area contributed by atoms with Crippen LogP contribution in [0.5, 0.6) is 0 Å². The minimum absolute atomic E-state index is 0.111. The Bertz CT molecular complexity index is 437. The van der Waals surface area contributed by atoms with Crippen LogP contribution in [0.15, 0.2) is 43.1 Å². The normalized spacial score (nSPS) is 11.7. The topological polar surface area (TPSA) is 21.7 Å². The molecule has 78 valence electrons. The SMILES string of the molecule is CC(C)(C)[n+]1ccn(-c2ccccn2)c1. The van der Waals surface area contributed by atoms with Gasteiger partial charge in [0.15, 0.2) is 0 Å². The molecule has 2 aromatic heterocycles. The van der Waals surface area contributed by atoms with Crippen molar-refractivity contribution in [2.75, 3.05) is 0 Å². The van der Waals surface area contributed by atoms with Gasteiger partial charge in [-0.25, -0.2) is 9.55 Å². The molecule has 2 aromatic rings. The first kappa shape index (κ1) is 9.90. The fourth-order valence-electron chi connectivity index (χ4n) is 1.39. The Labute approximate surface area is 90.0 Å². The average molecular weight is 202 g/mol. The minimum Gasteiger partial charge on any atom is -0.232 e. The van der Waals surface area contributed by atoms with Crippen LogP contribution in [0.2, 0.25) is 0 Å². The lowest BCUT2D eigenvalue weighted by molar-refractivity contribution is -0.753. The molecule has 0 unspecified atom stereocenters. The van der Waals surface area contributed by atoms with Gasteiger partial charge in [-0.2, -0.15) is 4.57 Å².